The maximum absolute atomic E-state index is 13.3. The number of nitrogens with one attached hydrogen (secondary N) is 1. The quantitative estimate of drug-likeness (QED) is 0.0297. The maximum atomic E-state index is 13.3. The summed E-state index contributed by atoms with van der Waals surface area (Å²) in [6.45, 7) is 1.59. The van der Waals surface area contributed by atoms with Gasteiger partial charge in [-0.3, -0.25) is 4.79 Å². The first-order chi connectivity index (χ1) is 37.3. The number of allylic oxidation sites excluding steroid dienone is 9. The molecule has 3 heterocycles. The van der Waals surface area contributed by atoms with E-state index in [1.54, 1.807) is 6.08 Å². The van der Waals surface area contributed by atoms with E-state index < -0.39 is 124 Å². The molecule has 17 atom stereocenters. The van der Waals surface area contributed by atoms with Gasteiger partial charge in [0.05, 0.1) is 38.6 Å². The third kappa shape index (κ3) is 25.9. The lowest BCUT2D eigenvalue weighted by atomic mass is 9.96. The van der Waals surface area contributed by atoms with Crippen molar-refractivity contribution >= 4 is 5.91 Å². The normalized spacial score (nSPS) is 31.2. The van der Waals surface area contributed by atoms with Crippen LogP contribution < -0.4 is 5.32 Å². The van der Waals surface area contributed by atoms with Crippen molar-refractivity contribution in [1.82, 2.24) is 5.32 Å². The highest BCUT2D eigenvalue weighted by Gasteiger charge is 2.53. The van der Waals surface area contributed by atoms with Crippen LogP contribution in [0.15, 0.2) is 60.8 Å². The van der Waals surface area contributed by atoms with E-state index in [9.17, 15) is 61.0 Å². The van der Waals surface area contributed by atoms with Crippen molar-refractivity contribution in [3.63, 3.8) is 0 Å². The summed E-state index contributed by atoms with van der Waals surface area (Å²) in [5, 5.41) is 120. The largest absolute Gasteiger partial charge is 0.394 e. The van der Waals surface area contributed by atoms with Gasteiger partial charge in [-0.1, -0.05) is 152 Å². The molecule has 3 rings (SSSR count). The van der Waals surface area contributed by atoms with E-state index in [1.165, 1.54) is 57.8 Å². The number of rotatable bonds is 41. The van der Waals surface area contributed by atoms with Gasteiger partial charge in [-0.15, -0.1) is 0 Å². The number of aliphatic hydroxyl groups excluding tert-OH is 11. The van der Waals surface area contributed by atoms with Crippen LogP contribution in [0.1, 0.15) is 168 Å². The van der Waals surface area contributed by atoms with Crippen LogP contribution in [-0.2, 0) is 33.2 Å². The summed E-state index contributed by atoms with van der Waals surface area (Å²) in [6, 6.07) is -1.00. The van der Waals surface area contributed by atoms with Gasteiger partial charge in [0.25, 0.3) is 0 Å². The number of ether oxygens (including phenoxy) is 6. The molecule has 12 N–H and O–H groups in total. The van der Waals surface area contributed by atoms with Gasteiger partial charge in [0.2, 0.25) is 5.91 Å². The molecule has 3 aliphatic heterocycles. The molecule has 19 nitrogen and oxygen atoms in total. The minimum absolute atomic E-state index is 0.213. The molecule has 17 unspecified atom stereocenters. The Morgan fingerprint density at radius 1 is 0.468 bits per heavy atom. The zero-order chi connectivity index (χ0) is 56.2. The predicted molar refractivity (Wildman–Crippen MR) is 291 cm³/mol. The summed E-state index contributed by atoms with van der Waals surface area (Å²) >= 11 is 0. The van der Waals surface area contributed by atoms with Crippen molar-refractivity contribution in [3.05, 3.63) is 60.8 Å². The van der Waals surface area contributed by atoms with Gasteiger partial charge in [0.1, 0.15) is 73.2 Å². The van der Waals surface area contributed by atoms with Gasteiger partial charge in [-0.2, -0.15) is 0 Å². The molecule has 3 saturated heterocycles. The average molecular weight is 1100 g/mol. The van der Waals surface area contributed by atoms with Crippen molar-refractivity contribution in [2.45, 2.75) is 272 Å². The lowest BCUT2D eigenvalue weighted by molar-refractivity contribution is -0.379. The van der Waals surface area contributed by atoms with Crippen LogP contribution in [0, 0.1) is 0 Å². The monoisotopic (exact) mass is 1100 g/mol. The molecule has 3 fully saturated rings. The number of carbonyl (C=O) groups excluding carboxylic acids is 1. The molecule has 0 aliphatic carbocycles. The third-order valence-electron chi connectivity index (χ3n) is 14.2. The van der Waals surface area contributed by atoms with Crippen LogP contribution in [0.5, 0.6) is 0 Å². The lowest BCUT2D eigenvalue weighted by Crippen LogP contribution is -2.66. The fourth-order valence-corrected chi connectivity index (χ4v) is 9.43. The molecule has 0 spiro atoms. The molecule has 1 amide bonds. The first kappa shape index (κ1) is 68.8. The molecule has 0 aromatic carbocycles. The van der Waals surface area contributed by atoms with E-state index in [0.717, 1.165) is 77.0 Å². The number of hydrogen-bond donors (Lipinski definition) is 12. The van der Waals surface area contributed by atoms with E-state index in [-0.39, 0.29) is 18.9 Å². The van der Waals surface area contributed by atoms with Crippen LogP contribution in [0.4, 0.5) is 0 Å². The Hall–Kier alpha value is -2.51. The Labute approximate surface area is 458 Å². The van der Waals surface area contributed by atoms with Gasteiger partial charge in [-0.25, -0.2) is 0 Å². The van der Waals surface area contributed by atoms with Gasteiger partial charge >= 0.3 is 0 Å². The van der Waals surface area contributed by atoms with Gasteiger partial charge in [-0.05, 0) is 70.6 Å². The highest BCUT2D eigenvalue weighted by molar-refractivity contribution is 5.76. The summed E-state index contributed by atoms with van der Waals surface area (Å²) in [4.78, 5) is 13.3. The second-order valence-electron chi connectivity index (χ2n) is 20.7. The summed E-state index contributed by atoms with van der Waals surface area (Å²) in [5.74, 6) is -0.308. The molecular formula is C58H101NO18. The van der Waals surface area contributed by atoms with Crippen LogP contribution >= 0.6 is 0 Å². The Kier molecular flexibility index (Phi) is 37.0. The Bertz CT molecular complexity index is 1650. The standard InChI is InChI=1S/C58H101NO18/c1-3-5-7-9-11-13-15-17-18-19-20-21-22-24-25-27-29-31-33-35-42(63)41(59-46(64)36-34-32-30-28-26-23-16-14-12-10-8-6-4-2)40-72-56-52(70)49(67)54(44(38-61)74-56)77-58-53(71)50(68)55(45(39-62)75-58)76-57-51(69)48(66)47(65)43(37-60)73-57/h8,10,14,16,20-21,25,27,33,35,41-45,47-58,60-63,65-71H,3-7,9,11-13,15,17-19,22-24,26,28-32,34,36-40H2,1-2H3,(H,59,64)/b10-8-,16-14-,21-20+,27-25+,35-33+. The Morgan fingerprint density at radius 3 is 1.43 bits per heavy atom. The molecule has 0 aromatic heterocycles. The van der Waals surface area contributed by atoms with Gasteiger partial charge in [0.15, 0.2) is 18.9 Å². The second kappa shape index (κ2) is 41.5. The molecule has 77 heavy (non-hydrogen) atoms. The van der Waals surface area contributed by atoms with Crippen molar-refractivity contribution in [1.29, 1.82) is 0 Å². The van der Waals surface area contributed by atoms with E-state index in [4.69, 9.17) is 28.4 Å². The molecule has 446 valence electrons. The topological polar surface area (TPSA) is 307 Å². The molecule has 0 aromatic rings. The minimum atomic E-state index is -1.98. The van der Waals surface area contributed by atoms with E-state index >= 15 is 0 Å². The number of carbonyl (C=O) groups is 1. The van der Waals surface area contributed by atoms with Gasteiger partial charge < -0.3 is 89.9 Å². The van der Waals surface area contributed by atoms with Gasteiger partial charge in [0, 0.05) is 6.42 Å². The van der Waals surface area contributed by atoms with Crippen molar-refractivity contribution in [2.24, 2.45) is 0 Å². The number of unbranched alkanes of at least 4 members (excludes halogenated alkanes) is 17. The first-order valence-electron chi connectivity index (χ1n) is 29.0. The van der Waals surface area contributed by atoms with Crippen molar-refractivity contribution in [3.8, 4) is 0 Å². The van der Waals surface area contributed by atoms with Crippen LogP contribution in [0.25, 0.3) is 0 Å². The molecule has 0 radical (unpaired) electrons. The second-order valence-corrected chi connectivity index (χ2v) is 20.7. The van der Waals surface area contributed by atoms with Crippen molar-refractivity contribution in [2.75, 3.05) is 26.4 Å². The highest BCUT2D eigenvalue weighted by Crippen LogP contribution is 2.33. The fourth-order valence-electron chi connectivity index (χ4n) is 9.43. The molecule has 0 saturated carbocycles. The molecule has 0 bridgehead atoms. The van der Waals surface area contributed by atoms with Crippen LogP contribution in [-0.4, -0.2) is 193 Å². The minimum Gasteiger partial charge on any atom is -0.394 e. The van der Waals surface area contributed by atoms with Crippen LogP contribution in [0.2, 0.25) is 0 Å². The SMILES string of the molecule is CCC/C=C\C/C=C\CCCCCCCC(=O)NC(COC1OC(CO)C(OC2OC(CO)C(OC3OC(CO)C(O)C(O)C3O)C(O)C2O)C(O)C1O)C(O)/C=C/CC/C=C/CC/C=C/CCCCCCCCCCC. The average Bonchev–Trinajstić information content (AvgIpc) is 3.43. The Balaban J connectivity index is 1.54. The smallest absolute Gasteiger partial charge is 0.220 e. The predicted octanol–water partition coefficient (Wildman–Crippen LogP) is 4.48. The zero-order valence-electron chi connectivity index (χ0n) is 46.2. The zero-order valence-corrected chi connectivity index (χ0v) is 46.2. The molecular weight excluding hydrogens is 999 g/mol. The Morgan fingerprint density at radius 2 is 0.896 bits per heavy atom. The maximum Gasteiger partial charge on any atom is 0.220 e. The fraction of sp³-hybridized carbons (Fsp3) is 0.810. The number of aliphatic hydroxyl groups is 11. The molecule has 3 aliphatic rings. The summed E-state index contributed by atoms with van der Waals surface area (Å²) in [7, 11) is 0. The van der Waals surface area contributed by atoms with E-state index in [2.05, 4.69) is 67.8 Å². The first-order valence-corrected chi connectivity index (χ1v) is 29.0. The summed E-state index contributed by atoms with van der Waals surface area (Å²) in [5.41, 5.74) is 0. The lowest BCUT2D eigenvalue weighted by Gasteiger charge is -2.48. The summed E-state index contributed by atoms with van der Waals surface area (Å²) < 4.78 is 34.2. The highest BCUT2D eigenvalue weighted by atomic mass is 16.8. The molecule has 19 heteroatoms. The summed E-state index contributed by atoms with van der Waals surface area (Å²) in [6.07, 6.45) is 19.3. The van der Waals surface area contributed by atoms with E-state index in [1.807, 2.05) is 6.08 Å². The third-order valence-corrected chi connectivity index (χ3v) is 14.2. The van der Waals surface area contributed by atoms with Crippen molar-refractivity contribution < 1.29 is 89.4 Å². The van der Waals surface area contributed by atoms with E-state index in [0.29, 0.717) is 12.8 Å². The number of amides is 1. The van der Waals surface area contributed by atoms with Crippen LogP contribution in [0.3, 0.4) is 0 Å². The number of hydrogen-bond acceptors (Lipinski definition) is 18.